The van der Waals surface area contributed by atoms with E-state index in [4.69, 9.17) is 9.47 Å². The molecule has 0 radical (unpaired) electrons. The number of rotatable bonds is 7. The topological polar surface area (TPSA) is 47.6 Å². The van der Waals surface area contributed by atoms with E-state index in [0.29, 0.717) is 30.3 Å². The van der Waals surface area contributed by atoms with E-state index in [1.54, 1.807) is 14.2 Å². The molecule has 2 aromatic carbocycles. The van der Waals surface area contributed by atoms with Crippen molar-refractivity contribution in [1.82, 2.24) is 0 Å². The van der Waals surface area contributed by atoms with Crippen molar-refractivity contribution in [1.29, 1.82) is 0 Å². The molecule has 1 amide bonds. The zero-order valence-corrected chi connectivity index (χ0v) is 16.6. The number of amides is 1. The fourth-order valence-electron chi connectivity index (χ4n) is 2.66. The average Bonchev–Trinajstić information content (AvgIpc) is 2.60. The Bertz CT molecular complexity index is 744. The van der Waals surface area contributed by atoms with Crippen LogP contribution in [0.3, 0.4) is 0 Å². The van der Waals surface area contributed by atoms with Crippen LogP contribution in [-0.2, 0) is 11.2 Å². The number of benzene rings is 2. The lowest BCUT2D eigenvalue weighted by atomic mass is 10.0. The number of anilines is 1. The molecule has 0 saturated carbocycles. The zero-order valence-electron chi connectivity index (χ0n) is 15.1. The van der Waals surface area contributed by atoms with Gasteiger partial charge >= 0.3 is 0 Å². The monoisotopic (exact) mass is 405 g/mol. The lowest BCUT2D eigenvalue weighted by Crippen LogP contribution is -2.14. The van der Waals surface area contributed by atoms with Gasteiger partial charge in [-0.1, -0.05) is 48.0 Å². The quantitative estimate of drug-likeness (QED) is 0.691. The predicted molar refractivity (Wildman–Crippen MR) is 105 cm³/mol. The summed E-state index contributed by atoms with van der Waals surface area (Å²) in [6.45, 7) is 4.23. The third kappa shape index (κ3) is 4.98. The second kappa shape index (κ2) is 8.90. The van der Waals surface area contributed by atoms with Gasteiger partial charge in [-0.05, 0) is 41.7 Å². The van der Waals surface area contributed by atoms with Gasteiger partial charge in [0.05, 0.1) is 14.2 Å². The Balaban J connectivity index is 2.06. The van der Waals surface area contributed by atoms with Crippen LogP contribution in [0.25, 0.3) is 0 Å². The van der Waals surface area contributed by atoms with Crippen LogP contribution < -0.4 is 14.8 Å². The van der Waals surface area contributed by atoms with E-state index in [2.05, 4.69) is 35.1 Å². The molecule has 0 saturated heterocycles. The van der Waals surface area contributed by atoms with Gasteiger partial charge in [0.15, 0.2) is 11.5 Å². The third-order valence-corrected chi connectivity index (χ3v) is 4.77. The molecule has 0 heterocycles. The molecule has 0 fully saturated rings. The van der Waals surface area contributed by atoms with Crippen molar-refractivity contribution in [3.63, 3.8) is 0 Å². The second-order valence-electron chi connectivity index (χ2n) is 6.09. The van der Waals surface area contributed by atoms with Gasteiger partial charge in [0.25, 0.3) is 0 Å². The molecule has 2 rings (SSSR count). The van der Waals surface area contributed by atoms with Crippen LogP contribution in [0.5, 0.6) is 11.5 Å². The Morgan fingerprint density at radius 2 is 1.76 bits per heavy atom. The zero-order chi connectivity index (χ0) is 18.4. The van der Waals surface area contributed by atoms with Crippen LogP contribution in [0.15, 0.2) is 40.9 Å². The maximum Gasteiger partial charge on any atom is 0.224 e. The van der Waals surface area contributed by atoms with Gasteiger partial charge in [0.2, 0.25) is 5.91 Å². The maximum atomic E-state index is 12.4. The number of carbonyl (C=O) groups excluding carboxylic acids is 1. The minimum Gasteiger partial charge on any atom is -0.493 e. The second-order valence-corrected chi connectivity index (χ2v) is 6.94. The van der Waals surface area contributed by atoms with Gasteiger partial charge in [-0.25, -0.2) is 0 Å². The summed E-state index contributed by atoms with van der Waals surface area (Å²) in [5, 5.41) is 3.02. The Morgan fingerprint density at radius 3 is 2.40 bits per heavy atom. The molecule has 0 atom stereocenters. The van der Waals surface area contributed by atoms with Crippen LogP contribution in [-0.4, -0.2) is 20.1 Å². The first-order valence-corrected chi connectivity index (χ1v) is 9.04. The Hall–Kier alpha value is -2.01. The number of ether oxygens (including phenoxy) is 2. The van der Waals surface area contributed by atoms with Gasteiger partial charge in [0, 0.05) is 16.6 Å². The van der Waals surface area contributed by atoms with Crippen LogP contribution >= 0.6 is 15.9 Å². The van der Waals surface area contributed by atoms with Gasteiger partial charge < -0.3 is 14.8 Å². The van der Waals surface area contributed by atoms with Crippen LogP contribution in [0.4, 0.5) is 5.69 Å². The molecular formula is C20H24BrNO3. The molecule has 0 spiro atoms. The molecular weight excluding hydrogens is 382 g/mol. The van der Waals surface area contributed by atoms with Crippen molar-refractivity contribution in [3.05, 3.63) is 52.0 Å². The minimum absolute atomic E-state index is 0.00483. The standard InChI is InChI=1S/C20H24BrNO3/c1-13(2)15-7-5-6-8-17(15)22-20(23)10-9-14-11-18(24-3)19(25-4)12-16(14)21/h5-8,11-13H,9-10H2,1-4H3,(H,22,23). The van der Waals surface area contributed by atoms with Crippen LogP contribution in [0.2, 0.25) is 0 Å². The van der Waals surface area contributed by atoms with Gasteiger partial charge in [0.1, 0.15) is 0 Å². The van der Waals surface area contributed by atoms with Crippen molar-refractivity contribution in [2.24, 2.45) is 0 Å². The summed E-state index contributed by atoms with van der Waals surface area (Å²) in [6.07, 6.45) is 0.997. The molecule has 2 aromatic rings. The molecule has 0 bridgehead atoms. The van der Waals surface area contributed by atoms with E-state index in [1.165, 1.54) is 0 Å². The van der Waals surface area contributed by atoms with Crippen molar-refractivity contribution in [2.75, 3.05) is 19.5 Å². The SMILES string of the molecule is COc1cc(Br)c(CCC(=O)Nc2ccccc2C(C)C)cc1OC. The highest BCUT2D eigenvalue weighted by Crippen LogP contribution is 2.34. The summed E-state index contributed by atoms with van der Waals surface area (Å²) in [6, 6.07) is 11.7. The Kier molecular flexibility index (Phi) is 6.88. The van der Waals surface area contributed by atoms with Gasteiger partial charge in [-0.15, -0.1) is 0 Å². The molecule has 4 nitrogen and oxygen atoms in total. The number of hydrogen-bond donors (Lipinski definition) is 1. The first-order valence-electron chi connectivity index (χ1n) is 8.25. The maximum absolute atomic E-state index is 12.4. The van der Waals surface area contributed by atoms with Crippen LogP contribution in [0, 0.1) is 0 Å². The molecule has 134 valence electrons. The summed E-state index contributed by atoms with van der Waals surface area (Å²) in [7, 11) is 3.20. The van der Waals surface area contributed by atoms with E-state index in [-0.39, 0.29) is 5.91 Å². The fourth-order valence-corrected chi connectivity index (χ4v) is 3.18. The summed E-state index contributed by atoms with van der Waals surface area (Å²) >= 11 is 3.53. The highest BCUT2D eigenvalue weighted by molar-refractivity contribution is 9.10. The van der Waals surface area contributed by atoms with Crippen molar-refractivity contribution >= 4 is 27.5 Å². The first kappa shape index (κ1) is 19.3. The van der Waals surface area contributed by atoms with Crippen molar-refractivity contribution in [2.45, 2.75) is 32.6 Å². The smallest absolute Gasteiger partial charge is 0.224 e. The predicted octanol–water partition coefficient (Wildman–Crippen LogP) is 5.16. The van der Waals surface area contributed by atoms with Gasteiger partial charge in [-0.3, -0.25) is 4.79 Å². The third-order valence-electron chi connectivity index (χ3n) is 4.03. The Labute approximate surface area is 157 Å². The Morgan fingerprint density at radius 1 is 1.12 bits per heavy atom. The first-order chi connectivity index (χ1) is 12.0. The van der Waals surface area contributed by atoms with E-state index in [0.717, 1.165) is 21.3 Å². The van der Waals surface area contributed by atoms with E-state index in [1.807, 2.05) is 36.4 Å². The molecule has 0 aliphatic heterocycles. The number of carbonyl (C=O) groups is 1. The molecule has 5 heteroatoms. The molecule has 0 aromatic heterocycles. The summed E-state index contributed by atoms with van der Waals surface area (Å²) in [5.41, 5.74) is 3.03. The summed E-state index contributed by atoms with van der Waals surface area (Å²) in [5.74, 6) is 1.67. The summed E-state index contributed by atoms with van der Waals surface area (Å²) in [4.78, 5) is 12.4. The number of para-hydroxylation sites is 1. The normalized spacial score (nSPS) is 10.6. The number of halogens is 1. The number of hydrogen-bond acceptors (Lipinski definition) is 3. The largest absolute Gasteiger partial charge is 0.493 e. The van der Waals surface area contributed by atoms with Crippen molar-refractivity contribution in [3.8, 4) is 11.5 Å². The van der Waals surface area contributed by atoms with E-state index in [9.17, 15) is 4.79 Å². The van der Waals surface area contributed by atoms with Crippen molar-refractivity contribution < 1.29 is 14.3 Å². The lowest BCUT2D eigenvalue weighted by molar-refractivity contribution is -0.116. The lowest BCUT2D eigenvalue weighted by Gasteiger charge is -2.14. The van der Waals surface area contributed by atoms with Crippen LogP contribution in [0.1, 0.15) is 37.3 Å². The minimum atomic E-state index is -0.00483. The molecule has 0 aliphatic carbocycles. The molecule has 25 heavy (non-hydrogen) atoms. The molecule has 0 unspecified atom stereocenters. The molecule has 0 aliphatic rings. The summed E-state index contributed by atoms with van der Waals surface area (Å²) < 4.78 is 11.5. The number of nitrogens with one attached hydrogen (secondary N) is 1. The number of methoxy groups -OCH3 is 2. The van der Waals surface area contributed by atoms with E-state index >= 15 is 0 Å². The number of aryl methyl sites for hydroxylation is 1. The average molecular weight is 406 g/mol. The molecule has 1 N–H and O–H groups in total. The van der Waals surface area contributed by atoms with E-state index < -0.39 is 0 Å². The van der Waals surface area contributed by atoms with Gasteiger partial charge in [-0.2, -0.15) is 0 Å². The fraction of sp³-hybridized carbons (Fsp3) is 0.350. The highest BCUT2D eigenvalue weighted by atomic mass is 79.9. The highest BCUT2D eigenvalue weighted by Gasteiger charge is 2.13.